The van der Waals surface area contributed by atoms with E-state index >= 15 is 0 Å². The molecule has 0 aromatic carbocycles. The number of carbonyl (C=O) groups excluding carboxylic acids is 5. The van der Waals surface area contributed by atoms with Gasteiger partial charge in [0.2, 0.25) is 29.5 Å². The van der Waals surface area contributed by atoms with Gasteiger partial charge in [0.25, 0.3) is 0 Å². The monoisotopic (exact) mass is 835 g/mol. The molecule has 0 aromatic heterocycles. The molecule has 3 atom stereocenters. The molecular formula is C40H78N14O5. The summed E-state index contributed by atoms with van der Waals surface area (Å²) in [5, 5.41) is 10.9. The Kier molecular flexibility index (Phi) is 32.9. The molecule has 0 aromatic rings. The number of allylic oxidation sites excluding steroid dienone is 2. The first kappa shape index (κ1) is 53.9. The van der Waals surface area contributed by atoms with Crippen molar-refractivity contribution >= 4 is 47.4 Å². The molecule has 0 aliphatic rings. The molecule has 19 heteroatoms. The molecule has 0 bridgehead atoms. The van der Waals surface area contributed by atoms with Crippen LogP contribution in [0.25, 0.3) is 0 Å². The highest BCUT2D eigenvalue weighted by molar-refractivity contribution is 5.94. The maximum Gasteiger partial charge on any atom is 0.243 e. The maximum atomic E-state index is 13.6. The van der Waals surface area contributed by atoms with Crippen molar-refractivity contribution in [1.29, 1.82) is 0 Å². The molecule has 338 valence electrons. The quantitative estimate of drug-likeness (QED) is 0.0182. The van der Waals surface area contributed by atoms with Crippen molar-refractivity contribution < 1.29 is 24.0 Å². The van der Waals surface area contributed by atoms with E-state index in [9.17, 15) is 24.0 Å². The van der Waals surface area contributed by atoms with E-state index in [0.29, 0.717) is 38.6 Å². The van der Waals surface area contributed by atoms with Crippen molar-refractivity contribution in [3.63, 3.8) is 0 Å². The lowest BCUT2D eigenvalue weighted by atomic mass is 10.1. The van der Waals surface area contributed by atoms with Crippen LogP contribution in [-0.2, 0) is 24.0 Å². The molecule has 0 saturated heterocycles. The smallest absolute Gasteiger partial charge is 0.243 e. The van der Waals surface area contributed by atoms with Crippen LogP contribution in [-0.4, -0.2) is 91.7 Å². The van der Waals surface area contributed by atoms with Gasteiger partial charge in [0.1, 0.15) is 18.1 Å². The first-order valence-electron chi connectivity index (χ1n) is 21.5. The Morgan fingerprint density at radius 2 is 0.881 bits per heavy atom. The minimum atomic E-state index is -1.13. The Morgan fingerprint density at radius 1 is 0.475 bits per heavy atom. The average Bonchev–Trinajstić information content (AvgIpc) is 3.17. The van der Waals surface area contributed by atoms with Crippen LogP contribution in [0.3, 0.4) is 0 Å². The van der Waals surface area contributed by atoms with Gasteiger partial charge in [0.15, 0.2) is 17.9 Å². The van der Waals surface area contributed by atoms with E-state index < -0.39 is 41.8 Å². The topological polar surface area (TPSA) is 353 Å². The highest BCUT2D eigenvalue weighted by atomic mass is 16.2. The van der Waals surface area contributed by atoms with Crippen LogP contribution in [0.5, 0.6) is 0 Å². The second-order valence-corrected chi connectivity index (χ2v) is 14.8. The zero-order valence-electron chi connectivity index (χ0n) is 35.7. The zero-order valence-corrected chi connectivity index (χ0v) is 35.7. The van der Waals surface area contributed by atoms with Crippen LogP contribution in [0, 0.1) is 0 Å². The molecule has 59 heavy (non-hydrogen) atoms. The minimum absolute atomic E-state index is 0.0495. The molecule has 0 saturated carbocycles. The molecule has 19 nitrogen and oxygen atoms in total. The highest BCUT2D eigenvalue weighted by Gasteiger charge is 2.29. The summed E-state index contributed by atoms with van der Waals surface area (Å²) in [7, 11) is 0. The Labute approximate surface area is 351 Å². The van der Waals surface area contributed by atoms with Crippen LogP contribution in [0.15, 0.2) is 27.1 Å². The molecular weight excluding hydrogens is 757 g/mol. The van der Waals surface area contributed by atoms with Gasteiger partial charge in [-0.15, -0.1) is 0 Å². The Hall–Kier alpha value is -5.10. The Bertz CT molecular complexity index is 1310. The van der Waals surface area contributed by atoms with Crippen molar-refractivity contribution in [2.24, 2.45) is 55.1 Å². The highest BCUT2D eigenvalue weighted by Crippen LogP contribution is 2.11. The number of nitrogens with one attached hydrogen (secondary N) is 4. The van der Waals surface area contributed by atoms with Gasteiger partial charge >= 0.3 is 0 Å². The number of amides is 5. The van der Waals surface area contributed by atoms with Gasteiger partial charge in [0.05, 0.1) is 0 Å². The summed E-state index contributed by atoms with van der Waals surface area (Å²) < 4.78 is 0. The van der Waals surface area contributed by atoms with E-state index in [0.717, 1.165) is 38.5 Å². The number of nitrogens with zero attached hydrogens (tertiary/aromatic N) is 3. The van der Waals surface area contributed by atoms with Crippen LogP contribution in [0.1, 0.15) is 148 Å². The van der Waals surface area contributed by atoms with Crippen LogP contribution in [0.4, 0.5) is 0 Å². The van der Waals surface area contributed by atoms with Crippen LogP contribution in [0.2, 0.25) is 0 Å². The minimum Gasteiger partial charge on any atom is -0.370 e. The fourth-order valence-corrected chi connectivity index (χ4v) is 6.07. The number of guanidine groups is 3. The zero-order chi connectivity index (χ0) is 44.1. The number of unbranched alkanes of at least 4 members (excludes halogenated alkanes) is 11. The largest absolute Gasteiger partial charge is 0.370 e. The molecule has 0 heterocycles. The van der Waals surface area contributed by atoms with E-state index in [2.05, 4.69) is 55.3 Å². The lowest BCUT2D eigenvalue weighted by molar-refractivity contribution is -0.133. The second-order valence-electron chi connectivity index (χ2n) is 14.8. The van der Waals surface area contributed by atoms with E-state index in [-0.39, 0.29) is 69.1 Å². The fourth-order valence-electron chi connectivity index (χ4n) is 6.07. The third kappa shape index (κ3) is 33.6. The van der Waals surface area contributed by atoms with Gasteiger partial charge in [-0.05, 0) is 77.0 Å². The normalized spacial score (nSPS) is 12.4. The summed E-state index contributed by atoms with van der Waals surface area (Å²) in [6.45, 7) is 3.14. The number of rotatable bonds is 37. The van der Waals surface area contributed by atoms with E-state index in [4.69, 9.17) is 40.1 Å². The summed E-state index contributed by atoms with van der Waals surface area (Å²) in [5.41, 5.74) is 38.0. The van der Waals surface area contributed by atoms with E-state index in [1.165, 1.54) is 44.9 Å². The van der Waals surface area contributed by atoms with Gasteiger partial charge < -0.3 is 61.4 Å². The van der Waals surface area contributed by atoms with Gasteiger partial charge in [-0.25, -0.2) is 0 Å². The molecule has 5 amide bonds. The average molecular weight is 835 g/mol. The number of primary amides is 1. The third-order valence-electron chi connectivity index (χ3n) is 9.35. The fraction of sp³-hybridized carbons (Fsp3) is 0.750. The summed E-state index contributed by atoms with van der Waals surface area (Å²) >= 11 is 0. The second kappa shape index (κ2) is 36.0. The number of aliphatic imine (C=N–C) groups is 3. The third-order valence-corrected chi connectivity index (χ3v) is 9.35. The molecule has 0 unspecified atom stereocenters. The van der Waals surface area contributed by atoms with Gasteiger partial charge in [-0.1, -0.05) is 70.4 Å². The lowest BCUT2D eigenvalue weighted by Gasteiger charge is -2.25. The molecule has 0 rings (SSSR count). The summed E-state index contributed by atoms with van der Waals surface area (Å²) in [6, 6.07) is -3.25. The van der Waals surface area contributed by atoms with Gasteiger partial charge in [0, 0.05) is 39.0 Å². The van der Waals surface area contributed by atoms with Crippen LogP contribution < -0.4 is 61.4 Å². The molecule has 0 aliphatic heterocycles. The summed E-state index contributed by atoms with van der Waals surface area (Å²) in [6.07, 6.45) is 22.3. The lowest BCUT2D eigenvalue weighted by Crippen LogP contribution is -2.56. The van der Waals surface area contributed by atoms with Gasteiger partial charge in [-0.3, -0.25) is 38.9 Å². The van der Waals surface area contributed by atoms with E-state index in [1.807, 2.05) is 0 Å². The van der Waals surface area contributed by atoms with Gasteiger partial charge in [-0.2, -0.15) is 0 Å². The SMILES string of the molecule is CCCCCCCC/C=C\CCCCCCCC(=O)NCCCC(=O)N[C@@H](CCCN=C(N)N)C(=O)N[C@@H](CCCN=C(N)N)C(=O)N[C@@H](CCCN=C(N)N)C(N)=O. The Morgan fingerprint density at radius 3 is 1.36 bits per heavy atom. The number of hydrogen-bond donors (Lipinski definition) is 11. The predicted molar refractivity (Wildman–Crippen MR) is 236 cm³/mol. The molecule has 0 spiro atoms. The predicted octanol–water partition coefficient (Wildman–Crippen LogP) is 1.02. The molecule has 0 fully saturated rings. The summed E-state index contributed by atoms with van der Waals surface area (Å²) in [4.78, 5) is 76.3. The first-order chi connectivity index (χ1) is 28.3. The van der Waals surface area contributed by atoms with E-state index in [1.54, 1.807) is 0 Å². The molecule has 0 aliphatic carbocycles. The van der Waals surface area contributed by atoms with Crippen molar-refractivity contribution in [3.8, 4) is 0 Å². The first-order valence-corrected chi connectivity index (χ1v) is 21.5. The van der Waals surface area contributed by atoms with Crippen molar-refractivity contribution in [2.45, 2.75) is 166 Å². The molecule has 0 radical (unpaired) electrons. The number of carbonyl (C=O) groups is 5. The van der Waals surface area contributed by atoms with Crippen molar-refractivity contribution in [2.75, 3.05) is 26.2 Å². The van der Waals surface area contributed by atoms with Crippen molar-refractivity contribution in [1.82, 2.24) is 21.3 Å². The van der Waals surface area contributed by atoms with Crippen LogP contribution >= 0.6 is 0 Å². The number of nitrogens with two attached hydrogens (primary N) is 7. The molecule has 18 N–H and O–H groups in total. The standard InChI is InChI=1S/C40H78N14O5/c1-2-3-4-5-6-7-8-9-10-11-12-13-14-15-16-24-33(55)48-26-20-25-34(56)52-31(22-18-28-50-39(44)45)36(58)54-32(23-19-29-51-40(46)47)37(59)53-30(35(41)57)21-17-27-49-38(42)43/h9-10,30-32H,2-8,11-29H2,1H3,(H2,41,57)(H,48,55)(H,52,56)(H,53,59)(H,54,58)(H4,42,43,49)(H4,44,45,50)(H4,46,47,51)/b10-9-/t30-,31-,32-/m0/s1. The summed E-state index contributed by atoms with van der Waals surface area (Å²) in [5.74, 6) is -2.92. The number of hydrogen-bond acceptors (Lipinski definition) is 8. The Balaban J connectivity index is 5.00. The van der Waals surface area contributed by atoms with Crippen molar-refractivity contribution in [3.05, 3.63) is 12.2 Å². The maximum absolute atomic E-state index is 13.6.